The second kappa shape index (κ2) is 8.60. The van der Waals surface area contributed by atoms with Gasteiger partial charge in [-0.05, 0) is 31.0 Å². The van der Waals surface area contributed by atoms with E-state index in [4.69, 9.17) is 5.73 Å². The van der Waals surface area contributed by atoms with E-state index in [1.807, 2.05) is 19.1 Å². The van der Waals surface area contributed by atoms with Crippen LogP contribution in [0.2, 0.25) is 0 Å². The summed E-state index contributed by atoms with van der Waals surface area (Å²) in [5.74, 6) is -0.110. The summed E-state index contributed by atoms with van der Waals surface area (Å²) < 4.78 is 0. The van der Waals surface area contributed by atoms with Crippen molar-refractivity contribution in [1.29, 1.82) is 0 Å². The Morgan fingerprint density at radius 3 is 2.59 bits per heavy atom. The SMILES string of the molecule is CCNC(=O)N1CCC(NC(=O)c2ccc(CN)cc2)C1.Cl. The zero-order valence-electron chi connectivity index (χ0n) is 12.7. The maximum absolute atomic E-state index is 12.1. The monoisotopic (exact) mass is 326 g/mol. The third kappa shape index (κ3) is 4.61. The molecule has 1 fully saturated rings. The number of carbonyl (C=O) groups is 2. The van der Waals surface area contributed by atoms with Crippen LogP contribution in [0.25, 0.3) is 0 Å². The van der Waals surface area contributed by atoms with Crippen LogP contribution in [0.3, 0.4) is 0 Å². The third-order valence-corrected chi connectivity index (χ3v) is 3.59. The molecule has 0 radical (unpaired) electrons. The molecule has 0 saturated carbocycles. The van der Waals surface area contributed by atoms with Crippen LogP contribution in [-0.4, -0.2) is 42.5 Å². The molecule has 122 valence electrons. The summed E-state index contributed by atoms with van der Waals surface area (Å²) in [5.41, 5.74) is 7.14. The largest absolute Gasteiger partial charge is 0.347 e. The fourth-order valence-corrected chi connectivity index (χ4v) is 2.39. The van der Waals surface area contributed by atoms with E-state index in [0.717, 1.165) is 12.0 Å². The van der Waals surface area contributed by atoms with Crippen molar-refractivity contribution in [3.63, 3.8) is 0 Å². The highest BCUT2D eigenvalue weighted by molar-refractivity contribution is 5.94. The molecule has 1 saturated heterocycles. The smallest absolute Gasteiger partial charge is 0.317 e. The average molecular weight is 327 g/mol. The van der Waals surface area contributed by atoms with Gasteiger partial charge in [0.2, 0.25) is 0 Å². The molecule has 1 aromatic rings. The molecule has 1 aliphatic rings. The lowest BCUT2D eigenvalue weighted by atomic mass is 10.1. The van der Waals surface area contributed by atoms with Gasteiger partial charge < -0.3 is 21.3 Å². The molecule has 1 heterocycles. The second-order valence-electron chi connectivity index (χ2n) is 5.14. The molecule has 7 heteroatoms. The zero-order chi connectivity index (χ0) is 15.2. The summed E-state index contributed by atoms with van der Waals surface area (Å²) in [6, 6.07) is 7.19. The Morgan fingerprint density at radius 1 is 1.32 bits per heavy atom. The maximum Gasteiger partial charge on any atom is 0.317 e. The van der Waals surface area contributed by atoms with Crippen LogP contribution < -0.4 is 16.4 Å². The van der Waals surface area contributed by atoms with Gasteiger partial charge in [0.05, 0.1) is 0 Å². The van der Waals surface area contributed by atoms with Crippen LogP contribution in [-0.2, 0) is 6.54 Å². The number of halogens is 1. The number of urea groups is 1. The summed E-state index contributed by atoms with van der Waals surface area (Å²) in [6.45, 7) is 4.19. The number of nitrogens with one attached hydrogen (secondary N) is 2. The summed E-state index contributed by atoms with van der Waals surface area (Å²) in [7, 11) is 0. The molecule has 0 aliphatic carbocycles. The van der Waals surface area contributed by atoms with Crippen molar-refractivity contribution in [1.82, 2.24) is 15.5 Å². The van der Waals surface area contributed by atoms with E-state index in [-0.39, 0.29) is 30.4 Å². The molecule has 0 spiro atoms. The first-order valence-electron chi connectivity index (χ1n) is 7.26. The predicted octanol–water partition coefficient (Wildman–Crippen LogP) is 1.10. The van der Waals surface area contributed by atoms with Crippen molar-refractivity contribution >= 4 is 24.3 Å². The minimum atomic E-state index is -0.110. The van der Waals surface area contributed by atoms with Crippen molar-refractivity contribution in [2.75, 3.05) is 19.6 Å². The van der Waals surface area contributed by atoms with Gasteiger partial charge in [-0.15, -0.1) is 12.4 Å². The van der Waals surface area contributed by atoms with Crippen molar-refractivity contribution in [3.8, 4) is 0 Å². The summed E-state index contributed by atoms with van der Waals surface area (Å²) in [6.07, 6.45) is 0.782. The predicted molar refractivity (Wildman–Crippen MR) is 88.1 cm³/mol. The van der Waals surface area contributed by atoms with Gasteiger partial charge in [0.25, 0.3) is 5.91 Å². The molecule has 6 nitrogen and oxygen atoms in total. The molecule has 4 N–H and O–H groups in total. The lowest BCUT2D eigenvalue weighted by Gasteiger charge is -2.17. The highest BCUT2D eigenvalue weighted by atomic mass is 35.5. The molecule has 1 unspecified atom stereocenters. The highest BCUT2D eigenvalue weighted by Gasteiger charge is 2.27. The Bertz CT molecular complexity index is 507. The standard InChI is InChI=1S/C15H22N4O2.ClH/c1-2-17-15(21)19-8-7-13(10-19)18-14(20)12-5-3-11(9-16)4-6-12;/h3-6,13H,2,7-10,16H2,1H3,(H,17,21)(H,18,20);1H. The first-order valence-corrected chi connectivity index (χ1v) is 7.26. The Kier molecular flexibility index (Phi) is 7.14. The first kappa shape index (κ1) is 18.3. The number of nitrogens with zero attached hydrogens (tertiary/aromatic N) is 1. The number of hydrogen-bond acceptors (Lipinski definition) is 3. The summed E-state index contributed by atoms with van der Waals surface area (Å²) in [5, 5.41) is 5.74. The fourth-order valence-electron chi connectivity index (χ4n) is 2.39. The molecule has 3 amide bonds. The van der Waals surface area contributed by atoms with Crippen molar-refractivity contribution in [3.05, 3.63) is 35.4 Å². The Morgan fingerprint density at radius 2 is 2.00 bits per heavy atom. The molecule has 1 aliphatic heterocycles. The van der Waals surface area contributed by atoms with Gasteiger partial charge in [0.1, 0.15) is 0 Å². The molecule has 1 aromatic carbocycles. The lowest BCUT2D eigenvalue weighted by Crippen LogP contribution is -2.42. The van der Waals surface area contributed by atoms with E-state index in [2.05, 4.69) is 10.6 Å². The van der Waals surface area contributed by atoms with Crippen LogP contribution in [0.4, 0.5) is 4.79 Å². The van der Waals surface area contributed by atoms with E-state index in [1.54, 1.807) is 17.0 Å². The minimum absolute atomic E-state index is 0. The van der Waals surface area contributed by atoms with Crippen LogP contribution in [0.5, 0.6) is 0 Å². The minimum Gasteiger partial charge on any atom is -0.347 e. The quantitative estimate of drug-likeness (QED) is 0.774. The molecule has 0 bridgehead atoms. The van der Waals surface area contributed by atoms with Crippen LogP contribution in [0, 0.1) is 0 Å². The Balaban J connectivity index is 0.00000242. The third-order valence-electron chi connectivity index (χ3n) is 3.59. The van der Waals surface area contributed by atoms with Gasteiger partial charge in [-0.1, -0.05) is 12.1 Å². The second-order valence-corrected chi connectivity index (χ2v) is 5.14. The van der Waals surface area contributed by atoms with Gasteiger partial charge in [-0.3, -0.25) is 4.79 Å². The van der Waals surface area contributed by atoms with Crippen molar-refractivity contribution < 1.29 is 9.59 Å². The molecular formula is C15H23ClN4O2. The van der Waals surface area contributed by atoms with Crippen LogP contribution in [0.1, 0.15) is 29.3 Å². The van der Waals surface area contributed by atoms with Gasteiger partial charge in [-0.2, -0.15) is 0 Å². The number of amides is 3. The van der Waals surface area contributed by atoms with E-state index >= 15 is 0 Å². The number of likely N-dealkylation sites (tertiary alicyclic amines) is 1. The highest BCUT2D eigenvalue weighted by Crippen LogP contribution is 2.11. The topological polar surface area (TPSA) is 87.5 Å². The van der Waals surface area contributed by atoms with Gasteiger partial charge in [-0.25, -0.2) is 4.79 Å². The fraction of sp³-hybridized carbons (Fsp3) is 0.467. The summed E-state index contributed by atoms with van der Waals surface area (Å²) >= 11 is 0. The molecule has 1 atom stereocenters. The summed E-state index contributed by atoms with van der Waals surface area (Å²) in [4.78, 5) is 25.6. The van der Waals surface area contributed by atoms with Crippen molar-refractivity contribution in [2.24, 2.45) is 5.73 Å². The number of nitrogens with two attached hydrogens (primary N) is 1. The van der Waals surface area contributed by atoms with Gasteiger partial charge in [0.15, 0.2) is 0 Å². The zero-order valence-corrected chi connectivity index (χ0v) is 13.5. The number of carbonyl (C=O) groups excluding carboxylic acids is 2. The number of hydrogen-bond donors (Lipinski definition) is 3. The Hall–Kier alpha value is -1.79. The van der Waals surface area contributed by atoms with E-state index in [0.29, 0.717) is 31.7 Å². The average Bonchev–Trinajstić information content (AvgIpc) is 2.96. The molecule has 22 heavy (non-hydrogen) atoms. The van der Waals surface area contributed by atoms with Crippen LogP contribution in [0.15, 0.2) is 24.3 Å². The van der Waals surface area contributed by atoms with E-state index in [9.17, 15) is 9.59 Å². The lowest BCUT2D eigenvalue weighted by molar-refractivity contribution is 0.0938. The number of benzene rings is 1. The van der Waals surface area contributed by atoms with Crippen LogP contribution >= 0.6 is 12.4 Å². The number of rotatable bonds is 4. The van der Waals surface area contributed by atoms with E-state index < -0.39 is 0 Å². The van der Waals surface area contributed by atoms with E-state index in [1.165, 1.54) is 0 Å². The molecule has 0 aromatic heterocycles. The molecular weight excluding hydrogens is 304 g/mol. The molecule has 2 rings (SSSR count). The Labute approximate surface area is 136 Å². The van der Waals surface area contributed by atoms with Crippen molar-refractivity contribution in [2.45, 2.75) is 25.9 Å². The normalized spacial score (nSPS) is 16.8. The first-order chi connectivity index (χ1) is 10.1. The maximum atomic E-state index is 12.1. The van der Waals surface area contributed by atoms with Gasteiger partial charge in [0, 0.05) is 37.8 Å². The van der Waals surface area contributed by atoms with Gasteiger partial charge >= 0.3 is 6.03 Å².